The van der Waals surface area contributed by atoms with Gasteiger partial charge in [0.2, 0.25) is 6.19 Å². The molecule has 0 spiro atoms. The van der Waals surface area contributed by atoms with Crippen LogP contribution in [-0.2, 0) is 12.0 Å². The van der Waals surface area contributed by atoms with Crippen molar-refractivity contribution in [2.75, 3.05) is 7.11 Å². The van der Waals surface area contributed by atoms with Gasteiger partial charge < -0.3 is 14.4 Å². The molecule has 1 aromatic carbocycles. The number of rotatable bonds is 4. The van der Waals surface area contributed by atoms with Gasteiger partial charge in [0.15, 0.2) is 10.6 Å². The van der Waals surface area contributed by atoms with E-state index in [1.54, 1.807) is 25.3 Å². The fraction of sp³-hybridized carbons (Fsp3) is 0.450. The van der Waals surface area contributed by atoms with E-state index in [-0.39, 0.29) is 11.3 Å². The van der Waals surface area contributed by atoms with Crippen LogP contribution in [0.1, 0.15) is 44.1 Å². The van der Waals surface area contributed by atoms with Gasteiger partial charge in [0.1, 0.15) is 5.75 Å². The second kappa shape index (κ2) is 7.70. The summed E-state index contributed by atoms with van der Waals surface area (Å²) in [6, 6.07) is 5.10. The molecule has 8 heteroatoms. The molecule has 1 aliphatic carbocycles. The van der Waals surface area contributed by atoms with Crippen LogP contribution < -0.4 is 9.54 Å². The SMILES string of the molecule is COc1ccc(Cl)cc1C(=NC#N)/N=c1\sc(C(C)(C)C)cn1CC1(O)CC1. The Hall–Kier alpha value is -2.14. The highest BCUT2D eigenvalue weighted by Gasteiger charge is 2.41. The van der Waals surface area contributed by atoms with Gasteiger partial charge in [-0.25, -0.2) is 0 Å². The number of thiazole rings is 1. The van der Waals surface area contributed by atoms with Gasteiger partial charge in [-0.15, -0.1) is 11.3 Å². The summed E-state index contributed by atoms with van der Waals surface area (Å²) in [5.41, 5.74) is -0.197. The number of hydrogen-bond donors (Lipinski definition) is 1. The molecular weight excluding hydrogens is 396 g/mol. The molecule has 0 saturated heterocycles. The van der Waals surface area contributed by atoms with Gasteiger partial charge in [0.25, 0.3) is 0 Å². The molecule has 0 atom stereocenters. The van der Waals surface area contributed by atoms with Crippen LogP contribution in [0.5, 0.6) is 5.75 Å². The van der Waals surface area contributed by atoms with Gasteiger partial charge in [0, 0.05) is 16.1 Å². The minimum absolute atomic E-state index is 0.0629. The van der Waals surface area contributed by atoms with Gasteiger partial charge in [-0.3, -0.25) is 0 Å². The zero-order valence-corrected chi connectivity index (χ0v) is 17.9. The standard InChI is InChI=1S/C20H23ClN4O2S/c1-19(2,3)16-10-25(11-20(26)7-8-20)18(28-16)24-17(23-12-22)14-9-13(21)5-6-15(14)27-4/h5-6,9-10,26H,7-8,11H2,1-4H3/b23-17?,24-18-. The Kier molecular flexibility index (Phi) is 5.67. The number of halogens is 1. The predicted octanol–water partition coefficient (Wildman–Crippen LogP) is 3.86. The first-order valence-electron chi connectivity index (χ1n) is 8.94. The smallest absolute Gasteiger partial charge is 0.207 e. The number of ether oxygens (including phenoxy) is 1. The first kappa shape index (κ1) is 20.6. The number of benzene rings is 1. The van der Waals surface area contributed by atoms with Gasteiger partial charge in [-0.2, -0.15) is 15.2 Å². The van der Waals surface area contributed by atoms with Crippen LogP contribution in [-0.4, -0.2) is 28.2 Å². The lowest BCUT2D eigenvalue weighted by Crippen LogP contribution is -2.25. The molecule has 0 amide bonds. The highest BCUT2D eigenvalue weighted by Crippen LogP contribution is 2.37. The molecule has 1 aromatic heterocycles. The summed E-state index contributed by atoms with van der Waals surface area (Å²) in [5, 5.41) is 20.1. The van der Waals surface area contributed by atoms with E-state index in [1.165, 1.54) is 11.3 Å². The van der Waals surface area contributed by atoms with E-state index in [2.05, 4.69) is 30.8 Å². The number of aromatic nitrogens is 1. The fourth-order valence-corrected chi connectivity index (χ4v) is 3.91. The third-order valence-electron chi connectivity index (χ3n) is 4.51. The van der Waals surface area contributed by atoms with E-state index in [4.69, 9.17) is 16.3 Å². The van der Waals surface area contributed by atoms with Crippen molar-refractivity contribution >= 4 is 28.8 Å². The van der Waals surface area contributed by atoms with E-state index in [0.717, 1.165) is 17.7 Å². The van der Waals surface area contributed by atoms with Gasteiger partial charge in [0.05, 0.1) is 24.8 Å². The second-order valence-electron chi connectivity index (χ2n) is 7.97. The average Bonchev–Trinajstić information content (AvgIpc) is 3.20. The highest BCUT2D eigenvalue weighted by atomic mass is 35.5. The van der Waals surface area contributed by atoms with Crippen LogP contribution in [0.3, 0.4) is 0 Å². The van der Waals surface area contributed by atoms with E-state index >= 15 is 0 Å². The van der Waals surface area contributed by atoms with E-state index in [9.17, 15) is 10.4 Å². The summed E-state index contributed by atoms with van der Waals surface area (Å²) >= 11 is 7.66. The fourth-order valence-electron chi connectivity index (χ4n) is 2.68. The van der Waals surface area contributed by atoms with E-state index in [1.807, 2.05) is 17.0 Å². The second-order valence-corrected chi connectivity index (χ2v) is 9.42. The Bertz CT molecular complexity index is 1020. The van der Waals surface area contributed by atoms with Crippen LogP contribution >= 0.6 is 22.9 Å². The summed E-state index contributed by atoms with van der Waals surface area (Å²) in [6.07, 6.45) is 5.40. The molecule has 1 N–H and O–H groups in total. The van der Waals surface area contributed by atoms with Gasteiger partial charge >= 0.3 is 0 Å². The molecule has 0 unspecified atom stereocenters. The number of hydrogen-bond acceptors (Lipinski definition) is 5. The first-order chi connectivity index (χ1) is 13.1. The Labute approximate surface area is 173 Å². The predicted molar refractivity (Wildman–Crippen MR) is 111 cm³/mol. The normalized spacial score (nSPS) is 16.8. The maximum Gasteiger partial charge on any atom is 0.207 e. The summed E-state index contributed by atoms with van der Waals surface area (Å²) in [6.45, 7) is 6.85. The Morgan fingerprint density at radius 3 is 2.71 bits per heavy atom. The molecule has 0 aliphatic heterocycles. The average molecular weight is 419 g/mol. The van der Waals surface area contributed by atoms with Crippen LogP contribution in [0.4, 0.5) is 0 Å². The number of aliphatic imine (C=N–C) groups is 1. The Morgan fingerprint density at radius 1 is 1.43 bits per heavy atom. The van der Waals surface area contributed by atoms with E-state index < -0.39 is 5.60 Å². The molecule has 1 aliphatic rings. The van der Waals surface area contributed by atoms with Crippen molar-refractivity contribution in [1.29, 1.82) is 5.26 Å². The maximum absolute atomic E-state index is 10.4. The van der Waals surface area contributed by atoms with Crippen LogP contribution in [0.25, 0.3) is 0 Å². The highest BCUT2D eigenvalue weighted by molar-refractivity contribution is 7.09. The number of methoxy groups -OCH3 is 1. The molecule has 1 saturated carbocycles. The minimum Gasteiger partial charge on any atom is -0.496 e. The summed E-state index contributed by atoms with van der Waals surface area (Å²) in [5.74, 6) is 0.753. The number of nitrogens with zero attached hydrogens (tertiary/aromatic N) is 4. The van der Waals surface area contributed by atoms with Gasteiger partial charge in [-0.1, -0.05) is 32.4 Å². The van der Waals surface area contributed by atoms with Crippen molar-refractivity contribution in [3.8, 4) is 11.9 Å². The molecule has 0 radical (unpaired) electrons. The number of aliphatic hydroxyl groups is 1. The van der Waals surface area contributed by atoms with E-state index in [0.29, 0.717) is 27.7 Å². The lowest BCUT2D eigenvalue weighted by Gasteiger charge is -2.15. The van der Waals surface area contributed by atoms with Crippen molar-refractivity contribution in [3.05, 3.63) is 44.7 Å². The monoisotopic (exact) mass is 418 g/mol. The molecule has 3 rings (SSSR count). The third-order valence-corrected chi connectivity index (χ3v) is 6.19. The number of amidine groups is 1. The van der Waals surface area contributed by atoms with Crippen molar-refractivity contribution in [2.24, 2.45) is 9.98 Å². The van der Waals surface area contributed by atoms with Crippen LogP contribution in [0.2, 0.25) is 5.02 Å². The number of nitriles is 1. The lowest BCUT2D eigenvalue weighted by atomic mass is 9.95. The molecule has 0 bridgehead atoms. The third kappa shape index (κ3) is 4.64. The largest absolute Gasteiger partial charge is 0.496 e. The summed E-state index contributed by atoms with van der Waals surface area (Å²) in [4.78, 5) is 10.4. The first-order valence-corrected chi connectivity index (χ1v) is 10.1. The quantitative estimate of drug-likeness (QED) is 0.465. The molecular formula is C20H23ClN4O2S. The lowest BCUT2D eigenvalue weighted by molar-refractivity contribution is 0.128. The molecule has 1 fully saturated rings. The maximum atomic E-state index is 10.4. The molecule has 2 aromatic rings. The zero-order chi connectivity index (χ0) is 20.5. The zero-order valence-electron chi connectivity index (χ0n) is 16.4. The van der Waals surface area contributed by atoms with Gasteiger partial charge in [-0.05, 0) is 36.5 Å². The van der Waals surface area contributed by atoms with Crippen molar-refractivity contribution in [3.63, 3.8) is 0 Å². The van der Waals surface area contributed by atoms with Crippen molar-refractivity contribution in [2.45, 2.75) is 51.2 Å². The van der Waals surface area contributed by atoms with Crippen LogP contribution in [0.15, 0.2) is 34.4 Å². The topological polar surface area (TPSA) is 82.9 Å². The minimum atomic E-state index is -0.675. The van der Waals surface area contributed by atoms with Crippen LogP contribution in [0, 0.1) is 11.5 Å². The summed E-state index contributed by atoms with van der Waals surface area (Å²) in [7, 11) is 1.54. The molecule has 148 valence electrons. The van der Waals surface area contributed by atoms with Crippen molar-refractivity contribution < 1.29 is 9.84 Å². The molecule has 6 nitrogen and oxygen atoms in total. The van der Waals surface area contributed by atoms with Crippen molar-refractivity contribution in [1.82, 2.24) is 4.57 Å². The Balaban J connectivity index is 2.16. The Morgan fingerprint density at radius 2 is 2.14 bits per heavy atom. The molecule has 28 heavy (non-hydrogen) atoms. The summed E-state index contributed by atoms with van der Waals surface area (Å²) < 4.78 is 7.34. The molecule has 1 heterocycles.